The van der Waals surface area contributed by atoms with Gasteiger partial charge in [-0.15, -0.1) is 11.3 Å². The molecule has 3 unspecified atom stereocenters. The van der Waals surface area contributed by atoms with Crippen molar-refractivity contribution in [3.63, 3.8) is 0 Å². The van der Waals surface area contributed by atoms with Crippen molar-refractivity contribution in [3.8, 4) is 27.7 Å². The highest BCUT2D eigenvalue weighted by atomic mass is 32.1. The molecule has 8 atom stereocenters. The second kappa shape index (κ2) is 25.5. The minimum absolute atomic E-state index is 0.0189. The molecule has 23 heteroatoms. The number of carbonyl (C=O) groups excluding carboxylic acids is 4. The molecule has 0 spiro atoms. The summed E-state index contributed by atoms with van der Waals surface area (Å²) in [7, 11) is 0. The fourth-order valence-corrected chi connectivity index (χ4v) is 16.0. The van der Waals surface area contributed by atoms with Crippen molar-refractivity contribution in [2.45, 2.75) is 160 Å². The first kappa shape index (κ1) is 62.8. The van der Waals surface area contributed by atoms with Gasteiger partial charge in [-0.3, -0.25) is 24.4 Å². The van der Waals surface area contributed by atoms with Crippen LogP contribution in [0.1, 0.15) is 128 Å². The number of rotatable bonds is 16. The largest absolute Gasteiger partial charge is 0.461 e. The monoisotopic (exact) mass is 1270 g/mol. The van der Waals surface area contributed by atoms with Crippen molar-refractivity contribution in [2.75, 3.05) is 75.4 Å². The number of hydrogen-bond donors (Lipinski definition) is 2. The third-order valence-electron chi connectivity index (χ3n) is 19.8. The Morgan fingerprint density at radius 3 is 2.35 bits per heavy atom. The SMILES string of the molecule is CCc1cccc2cccc(-c3ncc4c(N5CC6CCC(C5)N6C(=O)OC(C)(C)C)nc(OC[C@]56CCCN5C(COC(=O)N5CCN(c7cc([C@H](C(=O)N8C[C@H](O)C[C@H]8C(=O)N[C@@H](C)c8ccc(-c9scnc9C)cc8)C(C)C)on7)CC5)CC6)nc4c3F)c12. The number of aliphatic hydroxyl groups is 1. The number of ether oxygens (including phenoxy) is 3. The van der Waals surface area contributed by atoms with Crippen LogP contribution in [0.2, 0.25) is 0 Å². The van der Waals surface area contributed by atoms with Crippen molar-refractivity contribution in [1.82, 2.24) is 50.0 Å². The van der Waals surface area contributed by atoms with Gasteiger partial charge in [-0.05, 0) is 119 Å². The number of piperazine rings is 2. The molecule has 13 rings (SSSR count). The topological polar surface area (TPSA) is 225 Å². The molecule has 486 valence electrons. The lowest BCUT2D eigenvalue weighted by molar-refractivity contribution is -0.141. The molecular weight excluding hydrogens is 1190 g/mol. The minimum Gasteiger partial charge on any atom is -0.461 e. The van der Waals surface area contributed by atoms with E-state index in [-0.39, 0.29) is 96.9 Å². The van der Waals surface area contributed by atoms with Crippen LogP contribution in [0.3, 0.4) is 0 Å². The number of β-amino-alcohol motifs (C(OH)–C–C–N with tert-alkyl or cyclic N) is 1. The number of amides is 4. The van der Waals surface area contributed by atoms with Gasteiger partial charge in [0.1, 0.15) is 47.8 Å². The Morgan fingerprint density at radius 2 is 1.64 bits per heavy atom. The van der Waals surface area contributed by atoms with Crippen LogP contribution in [0, 0.1) is 18.7 Å². The summed E-state index contributed by atoms with van der Waals surface area (Å²) in [6.07, 6.45) is 5.96. The van der Waals surface area contributed by atoms with E-state index < -0.39 is 35.6 Å². The second-order valence-corrected chi connectivity index (χ2v) is 28.1. The predicted octanol–water partition coefficient (Wildman–Crippen LogP) is 10.5. The van der Waals surface area contributed by atoms with Crippen LogP contribution in [0.5, 0.6) is 6.01 Å². The minimum atomic E-state index is -0.871. The van der Waals surface area contributed by atoms with Gasteiger partial charge in [-0.1, -0.05) is 86.6 Å². The molecule has 10 heterocycles. The number of aliphatic hydroxyl groups excluding tert-OH is 1. The first-order valence-electron chi connectivity index (χ1n) is 32.7. The number of fused-ring (bicyclic) bond motifs is 5. The molecule has 7 aromatic rings. The number of likely N-dealkylation sites (tertiary alicyclic amines) is 1. The molecule has 4 aromatic heterocycles. The van der Waals surface area contributed by atoms with Gasteiger partial charge in [-0.25, -0.2) is 19.0 Å². The normalized spacial score (nSPS) is 23.2. The van der Waals surface area contributed by atoms with E-state index in [1.165, 1.54) is 4.90 Å². The first-order chi connectivity index (χ1) is 44.2. The summed E-state index contributed by atoms with van der Waals surface area (Å²) in [6, 6.07) is 20.3. The van der Waals surface area contributed by atoms with Crippen LogP contribution < -0.4 is 19.9 Å². The number of benzene rings is 3. The van der Waals surface area contributed by atoms with E-state index in [1.54, 1.807) is 28.5 Å². The second-order valence-electron chi connectivity index (χ2n) is 27.2. The number of nitrogens with zero attached hydrogens (tertiary/aromatic N) is 11. The molecule has 3 aromatic carbocycles. The summed E-state index contributed by atoms with van der Waals surface area (Å²) in [5.74, 6) is -0.790. The Morgan fingerprint density at radius 1 is 0.891 bits per heavy atom. The molecule has 6 aliphatic heterocycles. The molecule has 4 amide bonds. The van der Waals surface area contributed by atoms with Gasteiger partial charge in [0.15, 0.2) is 17.4 Å². The number of anilines is 2. The number of carbonyl (C=O) groups is 4. The lowest BCUT2D eigenvalue weighted by Gasteiger charge is -2.42. The van der Waals surface area contributed by atoms with Gasteiger partial charge in [-0.2, -0.15) is 9.97 Å². The van der Waals surface area contributed by atoms with Gasteiger partial charge >= 0.3 is 18.2 Å². The van der Waals surface area contributed by atoms with Crippen LogP contribution >= 0.6 is 11.3 Å². The Labute approximate surface area is 539 Å². The van der Waals surface area contributed by atoms with Crippen molar-refractivity contribution in [1.29, 1.82) is 0 Å². The summed E-state index contributed by atoms with van der Waals surface area (Å²) >= 11 is 1.58. The molecule has 6 aliphatic rings. The van der Waals surface area contributed by atoms with Crippen molar-refractivity contribution in [2.24, 2.45) is 5.92 Å². The number of thiazole rings is 1. The zero-order valence-corrected chi connectivity index (χ0v) is 54.6. The molecular formula is C69H83FN12O9S. The van der Waals surface area contributed by atoms with E-state index in [0.717, 1.165) is 89.5 Å². The number of halogens is 1. The first-order valence-corrected chi connectivity index (χ1v) is 33.6. The highest BCUT2D eigenvalue weighted by molar-refractivity contribution is 7.13. The van der Waals surface area contributed by atoms with Gasteiger partial charge in [0, 0.05) is 76.1 Å². The van der Waals surface area contributed by atoms with E-state index >= 15 is 4.39 Å². The van der Waals surface area contributed by atoms with Crippen LogP contribution in [0.4, 0.5) is 25.6 Å². The molecule has 0 radical (unpaired) electrons. The van der Waals surface area contributed by atoms with Crippen LogP contribution in [-0.2, 0) is 25.5 Å². The van der Waals surface area contributed by atoms with Crippen molar-refractivity contribution < 1.29 is 47.4 Å². The Bertz CT molecular complexity index is 3890. The fourth-order valence-electron chi connectivity index (χ4n) is 15.2. The average Bonchev–Trinajstić information content (AvgIpc) is 0.922. The maximum atomic E-state index is 17.6. The van der Waals surface area contributed by atoms with E-state index in [4.69, 9.17) is 33.7 Å². The van der Waals surface area contributed by atoms with Crippen molar-refractivity contribution >= 4 is 68.6 Å². The Balaban J connectivity index is 0.644. The van der Waals surface area contributed by atoms with E-state index in [0.29, 0.717) is 67.6 Å². The predicted molar refractivity (Wildman–Crippen MR) is 348 cm³/mol. The van der Waals surface area contributed by atoms with Gasteiger partial charge < -0.3 is 48.8 Å². The molecule has 2 N–H and O–H groups in total. The van der Waals surface area contributed by atoms with Gasteiger partial charge in [0.2, 0.25) is 11.8 Å². The van der Waals surface area contributed by atoms with E-state index in [2.05, 4.69) is 38.2 Å². The quantitative estimate of drug-likeness (QED) is 0.0917. The summed E-state index contributed by atoms with van der Waals surface area (Å²) in [4.78, 5) is 87.7. The van der Waals surface area contributed by atoms with E-state index in [9.17, 15) is 24.3 Å². The Hall–Kier alpha value is -8.02. The third kappa shape index (κ3) is 12.2. The zero-order valence-electron chi connectivity index (χ0n) is 53.8. The zero-order chi connectivity index (χ0) is 64.3. The molecule has 92 heavy (non-hydrogen) atoms. The highest BCUT2D eigenvalue weighted by Gasteiger charge is 2.51. The molecule has 2 bridgehead atoms. The molecule has 6 fully saturated rings. The molecule has 6 saturated heterocycles. The number of hydrogen-bond acceptors (Lipinski definition) is 18. The molecule has 21 nitrogen and oxygen atoms in total. The Kier molecular flexibility index (Phi) is 17.4. The fraction of sp³-hybridized carbons (Fsp3) is 0.522. The number of aryl methyl sites for hydroxylation is 2. The van der Waals surface area contributed by atoms with Gasteiger partial charge in [0.25, 0.3) is 0 Å². The number of nitrogens with one attached hydrogen (secondary N) is 1. The maximum Gasteiger partial charge on any atom is 0.410 e. The number of pyridine rings is 1. The molecule has 0 aliphatic carbocycles. The lowest BCUT2D eigenvalue weighted by Crippen LogP contribution is -2.57. The summed E-state index contributed by atoms with van der Waals surface area (Å²) in [5.41, 5.74) is 5.82. The number of aromatic nitrogens is 5. The van der Waals surface area contributed by atoms with E-state index in [1.807, 2.05) is 118 Å². The standard InChI is InChI=1S/C69H83FN12O9S/c1-9-43-13-10-14-45-15-11-16-51(57(43)45)59-58(70)60-52(33-71-59)62(79-34-47-21-22-48(35-79)82(47)67(87)90-68(6,7)8)75-65(74-60)89-38-69-24-12-26-81(69)49(23-25-69)37-88-66(86)78-29-27-77(28-30-78)55-32-54(91-76-55)56(40(2)3)64(85)80-36-50(83)31-53(80)63(84)73-41(4)44-17-19-46(20-18-44)61-42(5)72-39-92-61/h10-11,13-20,32-33,39-41,47-50,53,56,83H,9,12,21-31,34-38H2,1-8H3,(H,73,84)/t41-,47?,48?,49?,50+,53-,56+,69+/m0/s1. The van der Waals surface area contributed by atoms with Crippen molar-refractivity contribution in [3.05, 3.63) is 107 Å². The summed E-state index contributed by atoms with van der Waals surface area (Å²) in [6.45, 7) is 19.3. The maximum absolute atomic E-state index is 17.6. The van der Waals surface area contributed by atoms with Gasteiger partial charge in [0.05, 0.1) is 51.2 Å². The third-order valence-corrected chi connectivity index (χ3v) is 20.8. The van der Waals surface area contributed by atoms with Crippen LogP contribution in [-0.4, -0.2) is 181 Å². The molecule has 0 saturated carbocycles. The van der Waals surface area contributed by atoms with Crippen LogP contribution in [0.15, 0.2) is 83.0 Å². The van der Waals surface area contributed by atoms with Crippen LogP contribution in [0.25, 0.3) is 43.4 Å². The lowest BCUT2D eigenvalue weighted by atomic mass is 9.91. The summed E-state index contributed by atoms with van der Waals surface area (Å²) in [5, 5.41) is 20.8. The highest BCUT2D eigenvalue weighted by Crippen LogP contribution is 2.45. The smallest absolute Gasteiger partial charge is 0.410 e. The average molecular weight is 1280 g/mol. The summed E-state index contributed by atoms with van der Waals surface area (Å²) < 4.78 is 42.2.